The van der Waals surface area contributed by atoms with Gasteiger partial charge in [0.2, 0.25) is 0 Å². The molecule has 7 nitrogen and oxygen atoms in total. The van der Waals surface area contributed by atoms with E-state index < -0.39 is 10.2 Å². The topological polar surface area (TPSA) is 102 Å². The molecule has 2 rings (SSSR count). The molecule has 0 spiro atoms. The molecule has 0 unspecified atom stereocenters. The van der Waals surface area contributed by atoms with E-state index in [1.54, 1.807) is 35.0 Å². The second-order valence-corrected chi connectivity index (χ2v) is 6.17. The van der Waals surface area contributed by atoms with Gasteiger partial charge < -0.3 is 5.73 Å². The predicted molar refractivity (Wildman–Crippen MR) is 83.5 cm³/mol. The van der Waals surface area contributed by atoms with Crippen molar-refractivity contribution in [1.82, 2.24) is 14.5 Å². The van der Waals surface area contributed by atoms with Crippen LogP contribution in [0.1, 0.15) is 19.0 Å². The minimum atomic E-state index is -3.53. The molecular formula is C13H19N5O2S. The van der Waals surface area contributed by atoms with Crippen molar-refractivity contribution in [2.45, 2.75) is 20.3 Å². The number of nitrogen functional groups attached to an aromatic ring is 1. The molecule has 1 aromatic carbocycles. The summed E-state index contributed by atoms with van der Waals surface area (Å²) in [7, 11) is -3.53. The smallest absolute Gasteiger partial charge is 0.299 e. The number of benzene rings is 1. The standard InChI is InChI=1S/C13H19N5O2S/c1-3-8-15-21(19,20)17-11-4-6-12(7-5-11)18-13(14)9-10(2)16-18/h4-7,9,15,17H,3,8,14H2,1-2H3. The lowest BCUT2D eigenvalue weighted by Gasteiger charge is -2.09. The van der Waals surface area contributed by atoms with Crippen LogP contribution < -0.4 is 15.2 Å². The van der Waals surface area contributed by atoms with Crippen LogP contribution in [0.25, 0.3) is 5.69 Å². The molecule has 0 radical (unpaired) electrons. The van der Waals surface area contributed by atoms with E-state index in [1.807, 2.05) is 13.8 Å². The van der Waals surface area contributed by atoms with E-state index in [9.17, 15) is 8.42 Å². The average molecular weight is 309 g/mol. The molecule has 8 heteroatoms. The van der Waals surface area contributed by atoms with Crippen LogP contribution in [0.4, 0.5) is 11.5 Å². The van der Waals surface area contributed by atoms with E-state index in [1.165, 1.54) is 0 Å². The van der Waals surface area contributed by atoms with Gasteiger partial charge in [0, 0.05) is 18.3 Å². The third kappa shape index (κ3) is 3.96. The number of nitrogens with two attached hydrogens (primary N) is 1. The van der Waals surface area contributed by atoms with Crippen LogP contribution in [0, 0.1) is 6.92 Å². The van der Waals surface area contributed by atoms with E-state index in [-0.39, 0.29) is 0 Å². The molecule has 0 fully saturated rings. The average Bonchev–Trinajstić information content (AvgIpc) is 2.76. The molecule has 0 aliphatic heterocycles. The number of aryl methyl sites for hydroxylation is 1. The highest BCUT2D eigenvalue weighted by Gasteiger charge is 2.09. The fourth-order valence-corrected chi connectivity index (χ4v) is 2.82. The number of rotatable bonds is 6. The molecule has 1 aromatic heterocycles. The molecule has 0 bridgehead atoms. The van der Waals surface area contributed by atoms with E-state index in [0.717, 1.165) is 17.8 Å². The van der Waals surface area contributed by atoms with Crippen LogP contribution in [0.15, 0.2) is 30.3 Å². The second kappa shape index (κ2) is 6.15. The zero-order valence-corrected chi connectivity index (χ0v) is 12.8. The van der Waals surface area contributed by atoms with Gasteiger partial charge in [-0.1, -0.05) is 6.92 Å². The SMILES string of the molecule is CCCNS(=O)(=O)Nc1ccc(-n2nc(C)cc2N)cc1. The third-order valence-corrected chi connectivity index (χ3v) is 3.85. The first-order valence-corrected chi connectivity index (χ1v) is 8.09. The van der Waals surface area contributed by atoms with Crippen LogP contribution in [0.3, 0.4) is 0 Å². The highest BCUT2D eigenvalue weighted by Crippen LogP contribution is 2.17. The Morgan fingerprint density at radius 2 is 1.95 bits per heavy atom. The monoisotopic (exact) mass is 309 g/mol. The van der Waals surface area contributed by atoms with E-state index in [2.05, 4.69) is 14.5 Å². The zero-order valence-electron chi connectivity index (χ0n) is 12.0. The Balaban J connectivity index is 2.14. The van der Waals surface area contributed by atoms with Gasteiger partial charge in [-0.25, -0.2) is 4.68 Å². The number of nitrogens with zero attached hydrogens (tertiary/aromatic N) is 2. The maximum Gasteiger partial charge on any atom is 0.299 e. The summed E-state index contributed by atoms with van der Waals surface area (Å²) < 4.78 is 29.9. The fourth-order valence-electron chi connectivity index (χ4n) is 1.82. The first-order chi connectivity index (χ1) is 9.91. The quantitative estimate of drug-likeness (QED) is 0.751. The van der Waals surface area contributed by atoms with Gasteiger partial charge in [-0.3, -0.25) is 4.72 Å². The molecule has 0 aliphatic rings. The lowest BCUT2D eigenvalue weighted by Crippen LogP contribution is -2.30. The van der Waals surface area contributed by atoms with Gasteiger partial charge in [-0.05, 0) is 37.6 Å². The second-order valence-electron chi connectivity index (χ2n) is 4.67. The summed E-state index contributed by atoms with van der Waals surface area (Å²) in [5, 5.41) is 4.27. The van der Waals surface area contributed by atoms with Crippen LogP contribution >= 0.6 is 0 Å². The highest BCUT2D eigenvalue weighted by atomic mass is 32.2. The summed E-state index contributed by atoms with van der Waals surface area (Å²) in [6.07, 6.45) is 0.734. The first kappa shape index (κ1) is 15.3. The summed E-state index contributed by atoms with van der Waals surface area (Å²) >= 11 is 0. The molecular weight excluding hydrogens is 290 g/mol. The van der Waals surface area contributed by atoms with Crippen LogP contribution in [0.5, 0.6) is 0 Å². The van der Waals surface area contributed by atoms with Crippen molar-refractivity contribution in [2.75, 3.05) is 17.0 Å². The van der Waals surface area contributed by atoms with Gasteiger partial charge >= 0.3 is 0 Å². The number of hydrogen-bond donors (Lipinski definition) is 3. The van der Waals surface area contributed by atoms with E-state index in [0.29, 0.717) is 18.1 Å². The summed E-state index contributed by atoms with van der Waals surface area (Å²) in [6, 6.07) is 8.60. The molecule has 4 N–H and O–H groups in total. The van der Waals surface area contributed by atoms with Gasteiger partial charge in [0.1, 0.15) is 5.82 Å². The minimum absolute atomic E-state index is 0.399. The molecule has 0 aliphatic carbocycles. The summed E-state index contributed by atoms with van der Waals surface area (Å²) in [4.78, 5) is 0. The summed E-state index contributed by atoms with van der Waals surface area (Å²) in [6.45, 7) is 4.15. The van der Waals surface area contributed by atoms with Gasteiger partial charge in [0.15, 0.2) is 0 Å². The summed E-state index contributed by atoms with van der Waals surface area (Å²) in [5.41, 5.74) is 7.91. The number of hydrogen-bond acceptors (Lipinski definition) is 4. The fraction of sp³-hybridized carbons (Fsp3) is 0.308. The Hall–Kier alpha value is -2.06. The predicted octanol–water partition coefficient (Wildman–Crippen LogP) is 1.42. The van der Waals surface area contributed by atoms with Crippen LogP contribution in [-0.2, 0) is 10.2 Å². The van der Waals surface area contributed by atoms with Crippen LogP contribution in [0.2, 0.25) is 0 Å². The number of nitrogens with one attached hydrogen (secondary N) is 2. The number of anilines is 2. The normalized spacial score (nSPS) is 11.5. The molecule has 0 atom stereocenters. The van der Waals surface area contributed by atoms with E-state index >= 15 is 0 Å². The van der Waals surface area contributed by atoms with Crippen LogP contribution in [-0.4, -0.2) is 24.7 Å². The third-order valence-electron chi connectivity index (χ3n) is 2.77. The van der Waals surface area contributed by atoms with Crippen molar-refractivity contribution in [3.05, 3.63) is 36.0 Å². The van der Waals surface area contributed by atoms with Gasteiger partial charge in [0.25, 0.3) is 10.2 Å². The maximum absolute atomic E-state index is 11.7. The Labute approximate surface area is 124 Å². The van der Waals surface area contributed by atoms with Crippen molar-refractivity contribution in [2.24, 2.45) is 0 Å². The molecule has 0 saturated heterocycles. The first-order valence-electron chi connectivity index (χ1n) is 6.61. The highest BCUT2D eigenvalue weighted by molar-refractivity contribution is 7.90. The largest absolute Gasteiger partial charge is 0.384 e. The molecule has 21 heavy (non-hydrogen) atoms. The molecule has 1 heterocycles. The zero-order chi connectivity index (χ0) is 15.5. The molecule has 114 valence electrons. The molecule has 0 saturated carbocycles. The van der Waals surface area contributed by atoms with Gasteiger partial charge in [-0.15, -0.1) is 0 Å². The van der Waals surface area contributed by atoms with Gasteiger partial charge in [0.05, 0.1) is 11.4 Å². The Morgan fingerprint density at radius 1 is 1.29 bits per heavy atom. The van der Waals surface area contributed by atoms with Crippen molar-refractivity contribution in [1.29, 1.82) is 0 Å². The van der Waals surface area contributed by atoms with E-state index in [4.69, 9.17) is 5.73 Å². The maximum atomic E-state index is 11.7. The lowest BCUT2D eigenvalue weighted by molar-refractivity contribution is 0.586. The van der Waals surface area contributed by atoms with Gasteiger partial charge in [-0.2, -0.15) is 18.2 Å². The minimum Gasteiger partial charge on any atom is -0.384 e. The lowest BCUT2D eigenvalue weighted by atomic mass is 10.3. The Kier molecular flexibility index (Phi) is 4.49. The van der Waals surface area contributed by atoms with Crippen molar-refractivity contribution in [3.63, 3.8) is 0 Å². The van der Waals surface area contributed by atoms with Crippen molar-refractivity contribution >= 4 is 21.7 Å². The molecule has 2 aromatic rings. The van der Waals surface area contributed by atoms with Crippen molar-refractivity contribution < 1.29 is 8.42 Å². The summed E-state index contributed by atoms with van der Waals surface area (Å²) in [5.74, 6) is 0.533. The number of aromatic nitrogens is 2. The molecule has 0 amide bonds. The van der Waals surface area contributed by atoms with Crippen molar-refractivity contribution in [3.8, 4) is 5.69 Å². The Bertz CT molecular complexity index is 707. The Morgan fingerprint density at radius 3 is 2.48 bits per heavy atom.